The van der Waals surface area contributed by atoms with Gasteiger partial charge in [-0.25, -0.2) is 5.01 Å². The molecule has 3 N–H and O–H groups in total. The number of hydrogen-bond donors (Lipinski definition) is 3. The maximum atomic E-state index is 12.2. The Hall–Kier alpha value is -2.36. The van der Waals surface area contributed by atoms with Crippen LogP contribution in [0.5, 0.6) is 0 Å². The van der Waals surface area contributed by atoms with E-state index in [1.165, 1.54) is 4.90 Å². The Morgan fingerprint density at radius 2 is 2.04 bits per heavy atom. The first-order valence-corrected chi connectivity index (χ1v) is 7.83. The molecular formula is C17H24N5O+. The number of likely N-dealkylation sites (N-methyl/N-ethyl adjacent to an activating group) is 1. The second kappa shape index (κ2) is 8.32. The molecule has 2 rings (SSSR count). The lowest BCUT2D eigenvalue weighted by Gasteiger charge is -2.32. The maximum Gasteiger partial charge on any atom is 0.243 e. The van der Waals surface area contributed by atoms with E-state index in [-0.39, 0.29) is 5.91 Å². The van der Waals surface area contributed by atoms with E-state index in [0.717, 1.165) is 31.7 Å². The summed E-state index contributed by atoms with van der Waals surface area (Å²) in [6.45, 7) is 8.07. The van der Waals surface area contributed by atoms with Gasteiger partial charge in [-0.15, -0.1) is 0 Å². The number of rotatable bonds is 6. The maximum absolute atomic E-state index is 12.2. The summed E-state index contributed by atoms with van der Waals surface area (Å²) in [5.41, 5.74) is 4.54. The molecule has 0 saturated carbocycles. The normalized spacial score (nSPS) is 17.0. The van der Waals surface area contributed by atoms with E-state index in [0.29, 0.717) is 12.2 Å². The molecule has 0 aromatic heterocycles. The highest BCUT2D eigenvalue weighted by Crippen LogP contribution is 2.07. The van der Waals surface area contributed by atoms with Crippen LogP contribution in [0.25, 0.3) is 0 Å². The predicted octanol–water partition coefficient (Wildman–Crippen LogP) is -0.709. The zero-order valence-electron chi connectivity index (χ0n) is 13.5. The molecule has 1 aliphatic rings. The van der Waals surface area contributed by atoms with Crippen LogP contribution in [-0.2, 0) is 11.3 Å². The molecule has 1 saturated heterocycles. The van der Waals surface area contributed by atoms with Gasteiger partial charge in [0.1, 0.15) is 0 Å². The Morgan fingerprint density at radius 1 is 1.39 bits per heavy atom. The summed E-state index contributed by atoms with van der Waals surface area (Å²) in [4.78, 5) is 13.7. The van der Waals surface area contributed by atoms with Crippen molar-refractivity contribution in [1.29, 1.82) is 5.26 Å². The third-order valence-electron chi connectivity index (χ3n) is 3.97. The van der Waals surface area contributed by atoms with Crippen molar-refractivity contribution < 1.29 is 9.69 Å². The third-order valence-corrected chi connectivity index (χ3v) is 3.97. The van der Waals surface area contributed by atoms with E-state index >= 15 is 0 Å². The third kappa shape index (κ3) is 5.09. The van der Waals surface area contributed by atoms with Gasteiger partial charge in [0.15, 0.2) is 5.92 Å². The number of carbonyl (C=O) groups excluding carboxylic acids is 1. The van der Waals surface area contributed by atoms with Gasteiger partial charge in [-0.2, -0.15) is 5.26 Å². The summed E-state index contributed by atoms with van der Waals surface area (Å²) in [5.74, 6) is -1.22. The first kappa shape index (κ1) is 17.0. The molecule has 1 aromatic rings. The summed E-state index contributed by atoms with van der Waals surface area (Å²) in [7, 11) is 2.15. The van der Waals surface area contributed by atoms with Crippen molar-refractivity contribution in [3.05, 3.63) is 48.2 Å². The monoisotopic (exact) mass is 314 g/mol. The molecule has 0 unspecified atom stereocenters. The highest BCUT2D eigenvalue weighted by atomic mass is 16.1. The molecular weight excluding hydrogens is 290 g/mol. The molecule has 0 spiro atoms. The number of hydrazine groups is 1. The lowest BCUT2D eigenvalue weighted by atomic mass is 10.1. The van der Waals surface area contributed by atoms with Crippen molar-refractivity contribution in [2.45, 2.75) is 6.54 Å². The highest BCUT2D eigenvalue weighted by Gasteiger charge is 2.24. The molecule has 1 fully saturated rings. The van der Waals surface area contributed by atoms with Gasteiger partial charge >= 0.3 is 0 Å². The van der Waals surface area contributed by atoms with Gasteiger partial charge in [0.05, 0.1) is 39.3 Å². The fourth-order valence-electron chi connectivity index (χ4n) is 2.45. The van der Waals surface area contributed by atoms with Crippen molar-refractivity contribution in [2.75, 3.05) is 33.2 Å². The molecule has 0 bridgehead atoms. The van der Waals surface area contributed by atoms with Gasteiger partial charge in [-0.1, -0.05) is 36.9 Å². The number of nitrogens with zero attached hydrogens (tertiary/aromatic N) is 2. The fraction of sp³-hybridized carbons (Fsp3) is 0.412. The lowest BCUT2D eigenvalue weighted by molar-refractivity contribution is -0.884. The van der Waals surface area contributed by atoms with Crippen LogP contribution in [0.3, 0.4) is 0 Å². The number of nitriles is 1. The quantitative estimate of drug-likeness (QED) is 0.649. The lowest BCUT2D eigenvalue weighted by Crippen LogP contribution is -3.12. The Bertz CT molecular complexity index is 572. The molecule has 1 aliphatic heterocycles. The average molecular weight is 314 g/mol. The summed E-state index contributed by atoms with van der Waals surface area (Å²) in [6, 6.07) is 11.6. The minimum atomic E-state index is -0.897. The van der Waals surface area contributed by atoms with Gasteiger partial charge in [0.25, 0.3) is 0 Å². The fourth-order valence-corrected chi connectivity index (χ4v) is 2.45. The summed E-state index contributed by atoms with van der Waals surface area (Å²) in [5, 5.41) is 14.1. The number of hydrogen-bond acceptors (Lipinski definition) is 4. The number of piperazine rings is 1. The first-order valence-electron chi connectivity index (χ1n) is 7.83. The van der Waals surface area contributed by atoms with Crippen LogP contribution in [0, 0.1) is 17.2 Å². The van der Waals surface area contributed by atoms with Crippen LogP contribution < -0.4 is 15.6 Å². The summed E-state index contributed by atoms with van der Waals surface area (Å²) >= 11 is 0. The van der Waals surface area contributed by atoms with E-state index in [1.807, 2.05) is 41.4 Å². The van der Waals surface area contributed by atoms with Gasteiger partial charge < -0.3 is 15.6 Å². The summed E-state index contributed by atoms with van der Waals surface area (Å²) in [6.07, 6.45) is 0. The van der Waals surface area contributed by atoms with E-state index < -0.39 is 5.92 Å². The Kier molecular flexibility index (Phi) is 6.15. The zero-order valence-corrected chi connectivity index (χ0v) is 13.5. The van der Waals surface area contributed by atoms with Gasteiger partial charge in [-0.3, -0.25) is 4.79 Å². The average Bonchev–Trinajstić information content (AvgIpc) is 2.57. The van der Waals surface area contributed by atoms with Crippen molar-refractivity contribution >= 4 is 5.91 Å². The predicted molar refractivity (Wildman–Crippen MR) is 87.9 cm³/mol. The van der Waals surface area contributed by atoms with Crippen molar-refractivity contribution in [3.8, 4) is 6.07 Å². The van der Waals surface area contributed by atoms with Gasteiger partial charge in [0, 0.05) is 12.2 Å². The number of quaternary nitrogens is 1. The second-order valence-corrected chi connectivity index (χ2v) is 5.85. The Morgan fingerprint density at radius 3 is 2.65 bits per heavy atom. The van der Waals surface area contributed by atoms with Crippen LogP contribution in [0.2, 0.25) is 0 Å². The summed E-state index contributed by atoms with van der Waals surface area (Å²) < 4.78 is 0. The van der Waals surface area contributed by atoms with Crippen LogP contribution in [0.15, 0.2) is 42.6 Å². The molecule has 23 heavy (non-hydrogen) atoms. The molecule has 1 atom stereocenters. The van der Waals surface area contributed by atoms with Crippen molar-refractivity contribution in [1.82, 2.24) is 15.8 Å². The van der Waals surface area contributed by atoms with Crippen LogP contribution in [0.4, 0.5) is 0 Å². The topological polar surface area (TPSA) is 72.6 Å². The minimum absolute atomic E-state index is 0.325. The van der Waals surface area contributed by atoms with Crippen LogP contribution >= 0.6 is 0 Å². The van der Waals surface area contributed by atoms with Gasteiger partial charge in [0.2, 0.25) is 5.91 Å². The Balaban J connectivity index is 1.84. The second-order valence-electron chi connectivity index (χ2n) is 5.85. The van der Waals surface area contributed by atoms with Gasteiger partial charge in [-0.05, 0) is 5.56 Å². The molecule has 1 aromatic carbocycles. The van der Waals surface area contributed by atoms with E-state index in [1.54, 1.807) is 0 Å². The van der Waals surface area contributed by atoms with Crippen LogP contribution in [-0.4, -0.2) is 44.1 Å². The highest BCUT2D eigenvalue weighted by molar-refractivity contribution is 5.83. The molecule has 6 nitrogen and oxygen atoms in total. The number of carbonyl (C=O) groups is 1. The molecule has 6 heteroatoms. The molecule has 1 heterocycles. The van der Waals surface area contributed by atoms with Crippen molar-refractivity contribution in [3.63, 3.8) is 0 Å². The number of benzene rings is 1. The van der Waals surface area contributed by atoms with Crippen molar-refractivity contribution in [2.24, 2.45) is 5.92 Å². The zero-order chi connectivity index (χ0) is 16.7. The van der Waals surface area contributed by atoms with E-state index in [2.05, 4.69) is 24.4 Å². The van der Waals surface area contributed by atoms with Crippen LogP contribution in [0.1, 0.15) is 5.56 Å². The number of nitrogens with one attached hydrogen (secondary N) is 3. The standard InChI is InChI=1S/C17H23N5O/c1-14(20-22-10-8-21(2)9-11-22)16(12-18)17(23)19-13-15-6-4-3-5-7-15/h3-7,16,20H,1,8-11,13H2,2H3,(H,19,23)/p+1/t16-/m0/s1. The molecule has 0 radical (unpaired) electrons. The molecule has 1 amide bonds. The number of amides is 1. The smallest absolute Gasteiger partial charge is 0.243 e. The van der Waals surface area contributed by atoms with E-state index in [9.17, 15) is 10.1 Å². The Labute approximate surface area is 137 Å². The first-order chi connectivity index (χ1) is 11.1. The SMILES string of the molecule is C=C(NN1CC[NH+](C)CC1)[C@H](C#N)C(=O)NCc1ccccc1. The molecule has 122 valence electrons. The minimum Gasteiger partial charge on any atom is -0.351 e. The largest absolute Gasteiger partial charge is 0.351 e. The van der Waals surface area contributed by atoms with E-state index in [4.69, 9.17) is 0 Å². The molecule has 0 aliphatic carbocycles.